The number of rotatable bonds is 5. The number of likely N-dealkylation sites (tertiary alicyclic amines) is 1. The van der Waals surface area contributed by atoms with E-state index in [0.717, 1.165) is 31.8 Å². The molecular weight excluding hydrogens is 290 g/mol. The third kappa shape index (κ3) is 3.76. The van der Waals surface area contributed by atoms with Gasteiger partial charge in [0.2, 0.25) is 5.82 Å². The molecule has 2 heterocycles. The number of nitrogens with one attached hydrogen (secondary N) is 1. The molecule has 0 radical (unpaired) electrons. The van der Waals surface area contributed by atoms with E-state index < -0.39 is 0 Å². The van der Waals surface area contributed by atoms with Gasteiger partial charge in [-0.2, -0.15) is 0 Å². The van der Waals surface area contributed by atoms with Crippen LogP contribution in [0, 0.1) is 5.92 Å². The van der Waals surface area contributed by atoms with Crippen molar-refractivity contribution in [2.24, 2.45) is 5.92 Å². The summed E-state index contributed by atoms with van der Waals surface area (Å²) in [5.74, 6) is 1.40. The van der Waals surface area contributed by atoms with Crippen molar-refractivity contribution in [3.05, 3.63) is 41.7 Å². The van der Waals surface area contributed by atoms with E-state index in [0.29, 0.717) is 12.5 Å². The number of aromatic nitrogens is 4. The minimum Gasteiger partial charge on any atom is -0.393 e. The van der Waals surface area contributed by atoms with Crippen molar-refractivity contribution in [2.45, 2.75) is 45.4 Å². The first-order valence-corrected chi connectivity index (χ1v) is 8.47. The number of quaternary nitrogens is 1. The molecule has 1 aromatic heterocycles. The smallest absolute Gasteiger partial charge is 0.209 e. The molecule has 0 bridgehead atoms. The first-order chi connectivity index (χ1) is 11.1. The van der Waals surface area contributed by atoms with Crippen molar-refractivity contribution in [1.82, 2.24) is 20.2 Å². The van der Waals surface area contributed by atoms with Gasteiger partial charge in [-0.1, -0.05) is 44.2 Å². The maximum atomic E-state index is 9.77. The van der Waals surface area contributed by atoms with Crippen molar-refractivity contribution in [3.63, 3.8) is 0 Å². The molecule has 0 amide bonds. The van der Waals surface area contributed by atoms with Crippen molar-refractivity contribution in [2.75, 3.05) is 13.1 Å². The highest BCUT2D eigenvalue weighted by molar-refractivity contribution is 5.15. The highest BCUT2D eigenvalue weighted by Crippen LogP contribution is 2.18. The largest absolute Gasteiger partial charge is 0.393 e. The number of aliphatic hydroxyl groups is 1. The van der Waals surface area contributed by atoms with Crippen LogP contribution in [0.5, 0.6) is 0 Å². The lowest BCUT2D eigenvalue weighted by molar-refractivity contribution is -0.941. The Hall–Kier alpha value is -1.79. The van der Waals surface area contributed by atoms with Crippen LogP contribution in [-0.4, -0.2) is 44.5 Å². The van der Waals surface area contributed by atoms with Crippen molar-refractivity contribution < 1.29 is 10.0 Å². The molecule has 0 aliphatic carbocycles. The number of piperidine rings is 1. The zero-order valence-corrected chi connectivity index (χ0v) is 13.9. The van der Waals surface area contributed by atoms with Crippen molar-refractivity contribution in [3.8, 4) is 0 Å². The molecule has 2 N–H and O–H groups in total. The lowest BCUT2D eigenvalue weighted by atomic mass is 9.97. The van der Waals surface area contributed by atoms with Gasteiger partial charge >= 0.3 is 0 Å². The van der Waals surface area contributed by atoms with Gasteiger partial charge < -0.3 is 10.0 Å². The van der Waals surface area contributed by atoms with E-state index in [4.69, 9.17) is 0 Å². The lowest BCUT2D eigenvalue weighted by Crippen LogP contribution is -3.14. The number of nitrogens with zero attached hydrogens (tertiary/aromatic N) is 4. The molecule has 1 aliphatic rings. The van der Waals surface area contributed by atoms with Crippen molar-refractivity contribution >= 4 is 0 Å². The number of tetrazole rings is 1. The van der Waals surface area contributed by atoms with Gasteiger partial charge in [-0.3, -0.25) is 0 Å². The first-order valence-electron chi connectivity index (χ1n) is 8.47. The van der Waals surface area contributed by atoms with E-state index in [2.05, 4.69) is 41.5 Å². The molecule has 1 atom stereocenters. The fraction of sp³-hybridized carbons (Fsp3) is 0.588. The van der Waals surface area contributed by atoms with Crippen LogP contribution in [-0.2, 0) is 6.54 Å². The van der Waals surface area contributed by atoms with Crippen LogP contribution in [0.15, 0.2) is 30.3 Å². The van der Waals surface area contributed by atoms with Crippen LogP contribution in [0.3, 0.4) is 0 Å². The van der Waals surface area contributed by atoms with Crippen LogP contribution >= 0.6 is 0 Å². The lowest BCUT2D eigenvalue weighted by Gasteiger charge is -2.34. The van der Waals surface area contributed by atoms with E-state index in [1.807, 2.05) is 22.9 Å². The van der Waals surface area contributed by atoms with Crippen LogP contribution in [0.2, 0.25) is 0 Å². The minimum atomic E-state index is -0.146. The molecule has 3 rings (SSSR count). The zero-order chi connectivity index (χ0) is 16.2. The second-order valence-electron chi connectivity index (χ2n) is 6.79. The molecule has 6 heteroatoms. The van der Waals surface area contributed by atoms with Crippen molar-refractivity contribution in [1.29, 1.82) is 0 Å². The van der Waals surface area contributed by atoms with E-state index in [9.17, 15) is 5.11 Å². The highest BCUT2D eigenvalue weighted by Gasteiger charge is 2.35. The number of hydrogen-bond donors (Lipinski definition) is 2. The van der Waals surface area contributed by atoms with Gasteiger partial charge in [0.25, 0.3) is 0 Å². The molecule has 0 saturated carbocycles. The molecule has 1 saturated heterocycles. The van der Waals surface area contributed by atoms with Crippen LogP contribution < -0.4 is 4.90 Å². The zero-order valence-electron chi connectivity index (χ0n) is 13.9. The molecule has 0 unspecified atom stereocenters. The standard InChI is InChI=1S/C17H25N5O/c1-13(2)16(21-10-8-15(23)9-11-21)17-18-19-20-22(17)12-14-6-4-3-5-7-14/h3-7,13,15-16,23H,8-12H2,1-2H3/p+1/t16-/m0/s1. The maximum Gasteiger partial charge on any atom is 0.209 e. The third-order valence-electron chi connectivity index (χ3n) is 4.72. The summed E-state index contributed by atoms with van der Waals surface area (Å²) < 4.78 is 1.93. The Morgan fingerprint density at radius 3 is 2.57 bits per heavy atom. The normalized spacial score (nSPS) is 23.1. The maximum absolute atomic E-state index is 9.77. The molecule has 2 aromatic rings. The summed E-state index contributed by atoms with van der Waals surface area (Å²) in [7, 11) is 0. The summed E-state index contributed by atoms with van der Waals surface area (Å²) in [4.78, 5) is 1.48. The molecule has 23 heavy (non-hydrogen) atoms. The van der Waals surface area contributed by atoms with Gasteiger partial charge in [0, 0.05) is 18.8 Å². The average Bonchev–Trinajstić information content (AvgIpc) is 2.98. The number of aliphatic hydroxyl groups excluding tert-OH is 1. The fourth-order valence-corrected chi connectivity index (χ4v) is 3.54. The Morgan fingerprint density at radius 1 is 1.22 bits per heavy atom. The molecule has 124 valence electrons. The fourth-order valence-electron chi connectivity index (χ4n) is 3.54. The Morgan fingerprint density at radius 2 is 1.91 bits per heavy atom. The van der Waals surface area contributed by atoms with E-state index >= 15 is 0 Å². The summed E-state index contributed by atoms with van der Waals surface area (Å²) in [5.41, 5.74) is 1.20. The molecule has 1 aliphatic heterocycles. The predicted octanol–water partition coefficient (Wildman–Crippen LogP) is 0.458. The summed E-state index contributed by atoms with van der Waals surface area (Å²) in [5, 5.41) is 22.3. The minimum absolute atomic E-state index is 0.146. The van der Waals surface area contributed by atoms with Gasteiger partial charge in [-0.15, -0.1) is 5.10 Å². The predicted molar refractivity (Wildman–Crippen MR) is 86.9 cm³/mol. The monoisotopic (exact) mass is 316 g/mol. The van der Waals surface area contributed by atoms with Crippen LogP contribution in [0.1, 0.15) is 44.1 Å². The van der Waals surface area contributed by atoms with Gasteiger partial charge in [-0.25, -0.2) is 4.68 Å². The van der Waals surface area contributed by atoms with Gasteiger partial charge in [0.15, 0.2) is 6.04 Å². The second-order valence-corrected chi connectivity index (χ2v) is 6.79. The summed E-state index contributed by atoms with van der Waals surface area (Å²) >= 11 is 0. The Labute approximate surface area is 137 Å². The first kappa shape index (κ1) is 16.1. The Balaban J connectivity index is 1.82. The SMILES string of the molecule is CC(C)[C@@H](c1nnnn1Cc1ccccc1)[NH+]1CCC(O)CC1. The van der Waals surface area contributed by atoms with Gasteiger partial charge in [0.1, 0.15) is 0 Å². The van der Waals surface area contributed by atoms with Gasteiger partial charge in [0.05, 0.1) is 25.7 Å². The molecule has 1 fully saturated rings. The quantitative estimate of drug-likeness (QED) is 0.841. The van der Waals surface area contributed by atoms with E-state index in [-0.39, 0.29) is 12.1 Å². The van der Waals surface area contributed by atoms with Gasteiger partial charge in [-0.05, 0) is 16.0 Å². The molecule has 1 aromatic carbocycles. The van der Waals surface area contributed by atoms with E-state index in [1.165, 1.54) is 10.5 Å². The molecule has 6 nitrogen and oxygen atoms in total. The molecular formula is C17H26N5O+. The number of benzene rings is 1. The number of hydrogen-bond acceptors (Lipinski definition) is 4. The highest BCUT2D eigenvalue weighted by atomic mass is 16.3. The molecule has 0 spiro atoms. The Bertz CT molecular complexity index is 604. The summed E-state index contributed by atoms with van der Waals surface area (Å²) in [6, 6.07) is 10.6. The second kappa shape index (κ2) is 7.19. The third-order valence-corrected chi connectivity index (χ3v) is 4.72. The Kier molecular flexibility index (Phi) is 5.03. The summed E-state index contributed by atoms with van der Waals surface area (Å²) in [6.45, 7) is 7.10. The topological polar surface area (TPSA) is 68.3 Å². The van der Waals surface area contributed by atoms with Crippen LogP contribution in [0.4, 0.5) is 0 Å². The average molecular weight is 316 g/mol. The van der Waals surface area contributed by atoms with E-state index in [1.54, 1.807) is 0 Å². The van der Waals surface area contributed by atoms with Crippen LogP contribution in [0.25, 0.3) is 0 Å². The summed E-state index contributed by atoms with van der Waals surface area (Å²) in [6.07, 6.45) is 1.57.